The number of benzene rings is 3. The maximum atomic E-state index is 11.1. The molecule has 3 aromatic carbocycles. The van der Waals surface area contributed by atoms with E-state index in [1.54, 1.807) is 24.3 Å². The second-order valence-electron chi connectivity index (χ2n) is 8.90. The Morgan fingerprint density at radius 1 is 0.929 bits per heavy atom. The number of hydrogen-bond donors (Lipinski definition) is 3. The minimum Gasteiger partial charge on any atom is -0.507 e. The van der Waals surface area contributed by atoms with E-state index in [4.69, 9.17) is 20.5 Å². The van der Waals surface area contributed by atoms with Crippen LogP contribution >= 0.6 is 0 Å². The number of rotatable bonds is 0. The standard InChI is InChI=1S/C22H23N3O3/c1-20(2)10-28-21(3,4)22(20)24-14-9-8-12-16(17(14)25-22)19(27)11-6-5-7-13(23)15(11)18(12)26/h5-9,26-27H,10,23H2,1-4H3. The molecule has 0 aromatic heterocycles. The molecule has 1 unspecified atom stereocenters. The molecule has 3 aromatic rings. The van der Waals surface area contributed by atoms with Crippen molar-refractivity contribution < 1.29 is 14.9 Å². The predicted molar refractivity (Wildman–Crippen MR) is 108 cm³/mol. The van der Waals surface area contributed by atoms with Crippen molar-refractivity contribution in [2.24, 2.45) is 15.4 Å². The van der Waals surface area contributed by atoms with E-state index in [-0.39, 0.29) is 16.9 Å². The van der Waals surface area contributed by atoms with Gasteiger partial charge >= 0.3 is 0 Å². The van der Waals surface area contributed by atoms with Crippen LogP contribution in [0, 0.1) is 5.41 Å². The van der Waals surface area contributed by atoms with Crippen LogP contribution in [0.15, 0.2) is 40.3 Å². The first-order valence-electron chi connectivity index (χ1n) is 9.38. The van der Waals surface area contributed by atoms with Crippen molar-refractivity contribution in [1.29, 1.82) is 0 Å². The van der Waals surface area contributed by atoms with Crippen molar-refractivity contribution in [3.63, 3.8) is 0 Å². The smallest absolute Gasteiger partial charge is 0.186 e. The molecule has 0 aliphatic carbocycles. The molecule has 6 nitrogen and oxygen atoms in total. The van der Waals surface area contributed by atoms with Crippen molar-refractivity contribution in [3.8, 4) is 11.5 Å². The summed E-state index contributed by atoms with van der Waals surface area (Å²) in [6.07, 6.45) is 0. The Morgan fingerprint density at radius 2 is 1.61 bits per heavy atom. The van der Waals surface area contributed by atoms with Crippen LogP contribution in [0.1, 0.15) is 27.7 Å². The van der Waals surface area contributed by atoms with Gasteiger partial charge in [0.05, 0.1) is 28.1 Å². The van der Waals surface area contributed by atoms with Crippen LogP contribution in [0.3, 0.4) is 0 Å². The van der Waals surface area contributed by atoms with Crippen LogP contribution in [0.2, 0.25) is 0 Å². The Morgan fingerprint density at radius 3 is 2.29 bits per heavy atom. The minimum absolute atomic E-state index is 0.0426. The summed E-state index contributed by atoms with van der Waals surface area (Å²) in [7, 11) is 0. The Hall–Kier alpha value is -2.86. The molecule has 0 radical (unpaired) electrons. The van der Waals surface area contributed by atoms with Gasteiger partial charge in [-0.25, -0.2) is 9.98 Å². The van der Waals surface area contributed by atoms with Gasteiger partial charge in [0, 0.05) is 21.9 Å². The first-order chi connectivity index (χ1) is 13.1. The zero-order valence-electron chi connectivity index (χ0n) is 16.4. The van der Waals surface area contributed by atoms with Crippen molar-refractivity contribution in [2.45, 2.75) is 39.0 Å². The summed E-state index contributed by atoms with van der Waals surface area (Å²) in [5.41, 5.74) is 4.76. The van der Waals surface area contributed by atoms with Crippen LogP contribution in [-0.2, 0) is 4.74 Å². The molecule has 5 rings (SSSR count). The quantitative estimate of drug-likeness (QED) is 0.319. The normalized spacial score (nSPS) is 24.4. The number of anilines is 1. The Labute approximate surface area is 162 Å². The largest absolute Gasteiger partial charge is 0.507 e. The third-order valence-electron chi connectivity index (χ3n) is 6.37. The van der Waals surface area contributed by atoms with E-state index in [2.05, 4.69) is 13.8 Å². The number of ether oxygens (including phenoxy) is 1. The molecule has 1 atom stereocenters. The van der Waals surface area contributed by atoms with Gasteiger partial charge in [0.1, 0.15) is 17.1 Å². The SMILES string of the molecule is CC1(C)COC(C)(C)C12N=c1ccc3c(O)c4c(N)cccc4c(O)c3c1=N2. The van der Waals surface area contributed by atoms with E-state index < -0.39 is 11.3 Å². The lowest BCUT2D eigenvalue weighted by Crippen LogP contribution is -2.50. The van der Waals surface area contributed by atoms with E-state index >= 15 is 0 Å². The number of aromatic hydroxyl groups is 2. The third-order valence-corrected chi connectivity index (χ3v) is 6.37. The summed E-state index contributed by atoms with van der Waals surface area (Å²) >= 11 is 0. The molecular weight excluding hydrogens is 354 g/mol. The molecule has 144 valence electrons. The monoisotopic (exact) mass is 377 g/mol. The molecule has 1 saturated heterocycles. The fraction of sp³-hybridized carbons (Fsp3) is 0.364. The minimum atomic E-state index is -0.802. The highest BCUT2D eigenvalue weighted by molar-refractivity contribution is 6.14. The molecule has 0 amide bonds. The maximum absolute atomic E-state index is 11.1. The van der Waals surface area contributed by atoms with Gasteiger partial charge in [-0.2, -0.15) is 0 Å². The maximum Gasteiger partial charge on any atom is 0.186 e. The topological polar surface area (TPSA) is 100 Å². The highest BCUT2D eigenvalue weighted by atomic mass is 16.5. The Kier molecular flexibility index (Phi) is 3.05. The summed E-state index contributed by atoms with van der Waals surface area (Å²) < 4.78 is 6.06. The molecule has 6 heteroatoms. The van der Waals surface area contributed by atoms with Crippen LogP contribution in [0.5, 0.6) is 11.5 Å². The predicted octanol–water partition coefficient (Wildman–Crippen LogP) is 2.77. The average molecular weight is 377 g/mol. The summed E-state index contributed by atoms with van der Waals surface area (Å²) in [6, 6.07) is 8.81. The van der Waals surface area contributed by atoms with Crippen molar-refractivity contribution in [2.75, 3.05) is 12.3 Å². The molecule has 28 heavy (non-hydrogen) atoms. The van der Waals surface area contributed by atoms with Gasteiger partial charge in [0.15, 0.2) is 5.66 Å². The lowest BCUT2D eigenvalue weighted by atomic mass is 9.74. The highest BCUT2D eigenvalue weighted by Gasteiger charge is 2.63. The van der Waals surface area contributed by atoms with Gasteiger partial charge in [-0.05, 0) is 32.0 Å². The van der Waals surface area contributed by atoms with Gasteiger partial charge < -0.3 is 20.7 Å². The number of hydrogen-bond acceptors (Lipinski definition) is 6. The molecule has 0 saturated carbocycles. The first-order valence-corrected chi connectivity index (χ1v) is 9.38. The molecule has 2 aliphatic rings. The van der Waals surface area contributed by atoms with Crippen molar-refractivity contribution in [1.82, 2.24) is 0 Å². The Bertz CT molecular complexity index is 1290. The molecule has 1 spiro atoms. The van der Waals surface area contributed by atoms with Crippen LogP contribution < -0.4 is 16.4 Å². The van der Waals surface area contributed by atoms with Crippen LogP contribution in [0.4, 0.5) is 5.69 Å². The fourth-order valence-electron chi connectivity index (χ4n) is 4.83. The summed E-state index contributed by atoms with van der Waals surface area (Å²) in [6.45, 7) is 8.72. The molecule has 4 N–H and O–H groups in total. The van der Waals surface area contributed by atoms with Crippen LogP contribution in [-0.4, -0.2) is 28.1 Å². The zero-order chi connectivity index (χ0) is 20.1. The lowest BCUT2D eigenvalue weighted by Gasteiger charge is -2.38. The molecular formula is C22H23N3O3. The fourth-order valence-corrected chi connectivity index (χ4v) is 4.83. The average Bonchev–Trinajstić information content (AvgIpc) is 3.12. The summed E-state index contributed by atoms with van der Waals surface area (Å²) in [4.78, 5) is 10.1. The van der Waals surface area contributed by atoms with Crippen LogP contribution in [0.25, 0.3) is 21.5 Å². The van der Waals surface area contributed by atoms with Gasteiger partial charge in [-0.15, -0.1) is 0 Å². The third kappa shape index (κ3) is 1.81. The molecule has 2 heterocycles. The lowest BCUT2D eigenvalue weighted by molar-refractivity contribution is 0.00279. The van der Waals surface area contributed by atoms with Crippen molar-refractivity contribution >= 4 is 27.2 Å². The second kappa shape index (κ2) is 4.94. The summed E-state index contributed by atoms with van der Waals surface area (Å²) in [5, 5.41) is 25.3. The van der Waals surface area contributed by atoms with E-state index in [0.717, 1.165) is 0 Å². The van der Waals surface area contributed by atoms with E-state index in [1.807, 2.05) is 19.9 Å². The zero-order valence-corrected chi connectivity index (χ0v) is 16.4. The van der Waals surface area contributed by atoms with Gasteiger partial charge in [-0.1, -0.05) is 26.0 Å². The number of fused-ring (bicyclic) bond motifs is 4. The number of phenolic OH excluding ortho intramolecular Hbond substituents is 2. The molecule has 1 fully saturated rings. The Balaban J connectivity index is 1.99. The number of nitrogen functional groups attached to an aromatic ring is 1. The van der Waals surface area contributed by atoms with Gasteiger partial charge in [0.25, 0.3) is 0 Å². The van der Waals surface area contributed by atoms with Gasteiger partial charge in [-0.3, -0.25) is 0 Å². The van der Waals surface area contributed by atoms with Crippen molar-refractivity contribution in [3.05, 3.63) is 41.0 Å². The number of nitrogens with zero attached hydrogens (tertiary/aromatic N) is 2. The van der Waals surface area contributed by atoms with E-state index in [0.29, 0.717) is 44.6 Å². The molecule has 0 bridgehead atoms. The van der Waals surface area contributed by atoms with Gasteiger partial charge in [0.2, 0.25) is 0 Å². The van der Waals surface area contributed by atoms with E-state index in [9.17, 15) is 10.2 Å². The second-order valence-corrected chi connectivity index (χ2v) is 8.90. The summed E-state index contributed by atoms with van der Waals surface area (Å²) in [5.74, 6) is 0.0959. The highest BCUT2D eigenvalue weighted by Crippen LogP contribution is 2.52. The number of nitrogens with two attached hydrogens (primary N) is 1. The van der Waals surface area contributed by atoms with E-state index in [1.165, 1.54) is 0 Å². The first kappa shape index (κ1) is 17.3. The number of phenols is 2. The molecule has 2 aliphatic heterocycles.